The zero-order chi connectivity index (χ0) is 21.3. The Hall–Kier alpha value is -3.87. The van der Waals surface area contributed by atoms with E-state index >= 15 is 0 Å². The van der Waals surface area contributed by atoms with E-state index in [-0.39, 0.29) is 19.0 Å². The topological polar surface area (TPSA) is 84.0 Å². The van der Waals surface area contributed by atoms with Gasteiger partial charge in [-0.25, -0.2) is 9.78 Å². The summed E-state index contributed by atoms with van der Waals surface area (Å²) in [5.41, 5.74) is 1.67. The first-order valence-corrected chi connectivity index (χ1v) is 9.16. The van der Waals surface area contributed by atoms with E-state index in [1.165, 1.54) is 26.5 Å². The van der Waals surface area contributed by atoms with Gasteiger partial charge in [0, 0.05) is 17.8 Å². The van der Waals surface area contributed by atoms with Crippen LogP contribution in [0.4, 0.5) is 0 Å². The number of aromatic nitrogens is 1. The van der Waals surface area contributed by atoms with Crippen LogP contribution in [-0.4, -0.2) is 37.6 Å². The Morgan fingerprint density at radius 1 is 0.867 bits per heavy atom. The summed E-state index contributed by atoms with van der Waals surface area (Å²) in [5, 5.41) is 0. The van der Waals surface area contributed by atoms with Crippen molar-refractivity contribution in [3.05, 3.63) is 83.6 Å². The first-order chi connectivity index (χ1) is 14.6. The van der Waals surface area contributed by atoms with Crippen molar-refractivity contribution in [3.63, 3.8) is 0 Å². The lowest BCUT2D eigenvalue weighted by Gasteiger charge is -2.14. The molecule has 1 heterocycles. The summed E-state index contributed by atoms with van der Waals surface area (Å²) in [6.45, 7) is 0.0610. The molecular formula is C23H21NO6. The van der Waals surface area contributed by atoms with Gasteiger partial charge in [-0.15, -0.1) is 0 Å². The third kappa shape index (κ3) is 5.35. The minimum absolute atomic E-state index is 0.215. The van der Waals surface area contributed by atoms with E-state index < -0.39 is 5.97 Å². The Balaban J connectivity index is 1.74. The van der Waals surface area contributed by atoms with Gasteiger partial charge in [0.05, 0.1) is 19.8 Å². The maximum atomic E-state index is 12.4. The van der Waals surface area contributed by atoms with Crippen molar-refractivity contribution in [2.75, 3.05) is 20.8 Å². The van der Waals surface area contributed by atoms with Crippen LogP contribution in [0.15, 0.2) is 66.9 Å². The number of benzene rings is 2. The van der Waals surface area contributed by atoms with Crippen LogP contribution in [0.1, 0.15) is 26.3 Å². The molecule has 2 aromatic carbocycles. The Bertz CT molecular complexity index is 1000. The second-order valence-electron chi connectivity index (χ2n) is 6.23. The second kappa shape index (κ2) is 10.1. The van der Waals surface area contributed by atoms with Gasteiger partial charge in [-0.3, -0.25) is 4.79 Å². The average Bonchev–Trinajstić information content (AvgIpc) is 2.81. The van der Waals surface area contributed by atoms with E-state index in [1.807, 2.05) is 30.3 Å². The fourth-order valence-corrected chi connectivity index (χ4v) is 2.61. The van der Waals surface area contributed by atoms with Crippen molar-refractivity contribution in [1.29, 1.82) is 0 Å². The normalized spacial score (nSPS) is 10.2. The highest BCUT2D eigenvalue weighted by Crippen LogP contribution is 2.30. The number of methoxy groups -OCH3 is 2. The smallest absolute Gasteiger partial charge is 0.337 e. The Labute approximate surface area is 174 Å². The number of pyridine rings is 1. The van der Waals surface area contributed by atoms with Gasteiger partial charge < -0.3 is 18.9 Å². The third-order valence-corrected chi connectivity index (χ3v) is 4.23. The number of hydrogen-bond acceptors (Lipinski definition) is 7. The van der Waals surface area contributed by atoms with Crippen LogP contribution >= 0.6 is 0 Å². The lowest BCUT2D eigenvalue weighted by molar-refractivity contribution is 0.0599. The van der Waals surface area contributed by atoms with E-state index in [0.717, 1.165) is 5.56 Å². The summed E-state index contributed by atoms with van der Waals surface area (Å²) >= 11 is 0. The fourth-order valence-electron chi connectivity index (χ4n) is 2.61. The Kier molecular flexibility index (Phi) is 7.00. The van der Waals surface area contributed by atoms with Crippen molar-refractivity contribution in [2.45, 2.75) is 6.61 Å². The van der Waals surface area contributed by atoms with Crippen LogP contribution in [0, 0.1) is 0 Å². The van der Waals surface area contributed by atoms with Gasteiger partial charge in [0.15, 0.2) is 18.1 Å². The maximum absolute atomic E-state index is 12.4. The maximum Gasteiger partial charge on any atom is 0.337 e. The zero-order valence-electron chi connectivity index (χ0n) is 16.7. The van der Waals surface area contributed by atoms with Gasteiger partial charge in [-0.1, -0.05) is 30.3 Å². The highest BCUT2D eigenvalue weighted by atomic mass is 16.5. The number of ketones is 1. The monoisotopic (exact) mass is 407 g/mol. The lowest BCUT2D eigenvalue weighted by Crippen LogP contribution is -2.13. The van der Waals surface area contributed by atoms with Crippen LogP contribution in [0.2, 0.25) is 0 Å². The van der Waals surface area contributed by atoms with E-state index in [4.69, 9.17) is 18.9 Å². The summed E-state index contributed by atoms with van der Waals surface area (Å²) in [7, 11) is 2.81. The molecule has 0 radical (unpaired) electrons. The van der Waals surface area contributed by atoms with Gasteiger partial charge in [-0.05, 0) is 29.8 Å². The molecule has 0 saturated heterocycles. The molecule has 1 aromatic heterocycles. The molecule has 0 fully saturated rings. The second-order valence-corrected chi connectivity index (χ2v) is 6.23. The lowest BCUT2D eigenvalue weighted by atomic mass is 10.2. The Morgan fingerprint density at radius 3 is 2.30 bits per heavy atom. The molecule has 0 spiro atoms. The van der Waals surface area contributed by atoms with Gasteiger partial charge in [0.1, 0.15) is 6.61 Å². The summed E-state index contributed by atoms with van der Waals surface area (Å²) in [6.07, 6.45) is 1.43. The number of nitrogens with zero attached hydrogens (tertiary/aromatic N) is 1. The van der Waals surface area contributed by atoms with Crippen molar-refractivity contribution >= 4 is 11.8 Å². The van der Waals surface area contributed by atoms with E-state index in [2.05, 4.69) is 4.98 Å². The molecule has 7 nitrogen and oxygen atoms in total. The number of hydrogen-bond donors (Lipinski definition) is 0. The number of ether oxygens (including phenoxy) is 4. The van der Waals surface area contributed by atoms with Gasteiger partial charge in [0.2, 0.25) is 11.7 Å². The quantitative estimate of drug-likeness (QED) is 0.395. The van der Waals surface area contributed by atoms with Crippen molar-refractivity contribution in [1.82, 2.24) is 4.98 Å². The molecule has 30 heavy (non-hydrogen) atoms. The van der Waals surface area contributed by atoms with Gasteiger partial charge in [0.25, 0.3) is 0 Å². The molecular weight excluding hydrogens is 386 g/mol. The molecule has 0 aliphatic rings. The van der Waals surface area contributed by atoms with Crippen molar-refractivity contribution in [3.8, 4) is 17.4 Å². The predicted octanol–water partition coefficient (Wildman–Crippen LogP) is 3.72. The average molecular weight is 407 g/mol. The van der Waals surface area contributed by atoms with E-state index in [0.29, 0.717) is 28.5 Å². The van der Waals surface area contributed by atoms with Crippen molar-refractivity contribution < 1.29 is 28.5 Å². The van der Waals surface area contributed by atoms with Crippen LogP contribution in [-0.2, 0) is 11.3 Å². The molecule has 0 saturated carbocycles. The summed E-state index contributed by atoms with van der Waals surface area (Å²) < 4.78 is 21.3. The van der Waals surface area contributed by atoms with Crippen LogP contribution < -0.4 is 14.2 Å². The third-order valence-electron chi connectivity index (χ3n) is 4.23. The number of carbonyl (C=O) groups excluding carboxylic acids is 2. The number of esters is 1. The number of rotatable bonds is 9. The highest BCUT2D eigenvalue weighted by molar-refractivity contribution is 5.97. The summed E-state index contributed by atoms with van der Waals surface area (Å²) in [5.74, 6) is 0.348. The summed E-state index contributed by atoms with van der Waals surface area (Å²) in [6, 6.07) is 17.4. The van der Waals surface area contributed by atoms with E-state index in [9.17, 15) is 9.59 Å². The minimum atomic E-state index is -0.494. The largest absolute Gasteiger partial charge is 0.485 e. The van der Waals surface area contributed by atoms with Crippen LogP contribution in [0.25, 0.3) is 0 Å². The highest BCUT2D eigenvalue weighted by Gasteiger charge is 2.15. The molecule has 0 aliphatic heterocycles. The molecule has 3 rings (SSSR count). The van der Waals surface area contributed by atoms with E-state index in [1.54, 1.807) is 24.3 Å². The van der Waals surface area contributed by atoms with Gasteiger partial charge in [-0.2, -0.15) is 0 Å². The van der Waals surface area contributed by atoms with Crippen molar-refractivity contribution in [2.24, 2.45) is 0 Å². The zero-order valence-corrected chi connectivity index (χ0v) is 16.7. The molecule has 0 unspecified atom stereocenters. The SMILES string of the molecule is COC(=O)c1ccc(OCC(=O)c2ccc(OC)nc2)c(OCc2ccccc2)c1. The number of carbonyl (C=O) groups is 2. The standard InChI is InChI=1S/C23H21NO6/c1-27-22-11-9-18(13-24-22)19(25)15-30-20-10-8-17(23(26)28-2)12-21(20)29-14-16-6-4-3-5-7-16/h3-13H,14-15H2,1-2H3. The molecule has 3 aromatic rings. The number of Topliss-reactive ketones (excluding diaryl/α,β-unsaturated/α-hetero) is 1. The molecule has 154 valence electrons. The molecule has 0 amide bonds. The first-order valence-electron chi connectivity index (χ1n) is 9.16. The molecule has 7 heteroatoms. The summed E-state index contributed by atoms with van der Waals surface area (Å²) in [4.78, 5) is 28.3. The minimum Gasteiger partial charge on any atom is -0.485 e. The molecule has 0 aliphatic carbocycles. The molecule has 0 bridgehead atoms. The fraction of sp³-hybridized carbons (Fsp3) is 0.174. The molecule has 0 N–H and O–H groups in total. The van der Waals surface area contributed by atoms with Gasteiger partial charge >= 0.3 is 5.97 Å². The van der Waals surface area contributed by atoms with Crippen LogP contribution in [0.3, 0.4) is 0 Å². The molecule has 0 atom stereocenters. The Morgan fingerprint density at radius 2 is 1.63 bits per heavy atom. The first kappa shape index (κ1) is 20.9. The van der Waals surface area contributed by atoms with Crippen LogP contribution in [0.5, 0.6) is 17.4 Å². The predicted molar refractivity (Wildman–Crippen MR) is 109 cm³/mol.